The van der Waals surface area contributed by atoms with Gasteiger partial charge in [-0.25, -0.2) is 0 Å². The van der Waals surface area contributed by atoms with Gasteiger partial charge in [0, 0.05) is 24.6 Å². The summed E-state index contributed by atoms with van der Waals surface area (Å²) < 4.78 is 10.5. The fourth-order valence-corrected chi connectivity index (χ4v) is 3.07. The van der Waals surface area contributed by atoms with Gasteiger partial charge in [0.2, 0.25) is 0 Å². The molecule has 0 atom stereocenters. The number of carbonyl (C=O) groups excluding carboxylic acids is 1. The Hall–Kier alpha value is -1.59. The second kappa shape index (κ2) is 8.31. The van der Waals surface area contributed by atoms with Crippen LogP contribution in [0, 0.1) is 0 Å². The predicted octanol–water partition coefficient (Wildman–Crippen LogP) is 2.30. The van der Waals surface area contributed by atoms with E-state index in [-0.39, 0.29) is 5.78 Å². The zero-order chi connectivity index (χ0) is 16.8. The summed E-state index contributed by atoms with van der Waals surface area (Å²) in [5.41, 5.74) is 0.686. The zero-order valence-corrected chi connectivity index (χ0v) is 14.7. The number of hydrogen-bond donors (Lipinski definition) is 0. The Labute approximate surface area is 139 Å². The van der Waals surface area contributed by atoms with Crippen LogP contribution < -0.4 is 9.47 Å². The number of Topliss-reactive ketones (excluding diaryl/α,β-unsaturated/α-hetero) is 1. The molecule has 0 aromatic heterocycles. The zero-order valence-electron chi connectivity index (χ0n) is 14.7. The lowest BCUT2D eigenvalue weighted by Crippen LogP contribution is -2.42. The summed E-state index contributed by atoms with van der Waals surface area (Å²) in [4.78, 5) is 17.1. The van der Waals surface area contributed by atoms with Gasteiger partial charge in [0.1, 0.15) is 0 Å². The van der Waals surface area contributed by atoms with Crippen LogP contribution in [0.1, 0.15) is 29.6 Å². The van der Waals surface area contributed by atoms with Gasteiger partial charge < -0.3 is 19.3 Å². The summed E-state index contributed by atoms with van der Waals surface area (Å²) in [5, 5.41) is 0. The van der Waals surface area contributed by atoms with Gasteiger partial charge in [-0.1, -0.05) is 0 Å². The van der Waals surface area contributed by atoms with Crippen LogP contribution in [0.25, 0.3) is 0 Å². The van der Waals surface area contributed by atoms with E-state index in [0.717, 1.165) is 19.6 Å². The summed E-state index contributed by atoms with van der Waals surface area (Å²) in [6.07, 6.45) is 2.90. The van der Waals surface area contributed by atoms with E-state index in [1.165, 1.54) is 12.8 Å². The Morgan fingerprint density at radius 1 is 1.17 bits per heavy atom. The number of ether oxygens (including phenoxy) is 2. The topological polar surface area (TPSA) is 42.0 Å². The Morgan fingerprint density at radius 2 is 1.83 bits per heavy atom. The summed E-state index contributed by atoms with van der Waals surface area (Å²) >= 11 is 0. The van der Waals surface area contributed by atoms with Crippen molar-refractivity contribution in [3.05, 3.63) is 23.8 Å². The molecule has 0 aliphatic carbocycles. The standard InChI is InChI=1S/C18H28N2O3/c1-19(2)15-7-10-20(11-8-15)12-9-16(21)14-5-6-17(22-3)18(13-14)23-4/h5-6,13,15H,7-12H2,1-4H3. The highest BCUT2D eigenvalue weighted by atomic mass is 16.5. The maximum atomic E-state index is 12.4. The van der Waals surface area contributed by atoms with Crippen molar-refractivity contribution in [3.63, 3.8) is 0 Å². The molecule has 0 radical (unpaired) electrons. The van der Waals surface area contributed by atoms with Crippen LogP contribution in [-0.4, -0.2) is 69.6 Å². The molecule has 23 heavy (non-hydrogen) atoms. The normalized spacial score (nSPS) is 16.6. The van der Waals surface area contributed by atoms with Gasteiger partial charge in [0.25, 0.3) is 0 Å². The average molecular weight is 320 g/mol. The van der Waals surface area contributed by atoms with Crippen LogP contribution in [0.2, 0.25) is 0 Å². The Morgan fingerprint density at radius 3 is 2.39 bits per heavy atom. The lowest BCUT2D eigenvalue weighted by atomic mass is 10.0. The molecule has 1 aliphatic heterocycles. The van der Waals surface area contributed by atoms with E-state index in [0.29, 0.717) is 29.5 Å². The van der Waals surface area contributed by atoms with Gasteiger partial charge in [0.15, 0.2) is 17.3 Å². The number of hydrogen-bond acceptors (Lipinski definition) is 5. The van der Waals surface area contributed by atoms with Crippen molar-refractivity contribution >= 4 is 5.78 Å². The maximum absolute atomic E-state index is 12.4. The molecule has 0 N–H and O–H groups in total. The van der Waals surface area contributed by atoms with Crippen LogP contribution in [0.5, 0.6) is 11.5 Å². The molecule has 0 unspecified atom stereocenters. The van der Waals surface area contributed by atoms with Crippen LogP contribution in [0.15, 0.2) is 18.2 Å². The van der Waals surface area contributed by atoms with Gasteiger partial charge in [-0.2, -0.15) is 0 Å². The molecule has 0 saturated carbocycles. The molecule has 1 aromatic carbocycles. The smallest absolute Gasteiger partial charge is 0.164 e. The molecular weight excluding hydrogens is 292 g/mol. The number of methoxy groups -OCH3 is 2. The molecule has 1 saturated heterocycles. The van der Waals surface area contributed by atoms with Crippen molar-refractivity contribution in [2.24, 2.45) is 0 Å². The second-order valence-corrected chi connectivity index (χ2v) is 6.28. The fraction of sp³-hybridized carbons (Fsp3) is 0.611. The minimum atomic E-state index is 0.153. The first kappa shape index (κ1) is 17.8. The molecule has 1 aromatic rings. The third-order valence-electron chi connectivity index (χ3n) is 4.65. The largest absolute Gasteiger partial charge is 0.493 e. The molecule has 1 fully saturated rings. The van der Waals surface area contributed by atoms with E-state index in [1.54, 1.807) is 26.4 Å². The van der Waals surface area contributed by atoms with Crippen LogP contribution in [-0.2, 0) is 0 Å². The highest BCUT2D eigenvalue weighted by Gasteiger charge is 2.21. The van der Waals surface area contributed by atoms with E-state index < -0.39 is 0 Å². The minimum absolute atomic E-state index is 0.153. The lowest BCUT2D eigenvalue weighted by Gasteiger charge is -2.35. The molecule has 1 aliphatic rings. The molecule has 0 bridgehead atoms. The van der Waals surface area contributed by atoms with E-state index in [2.05, 4.69) is 23.9 Å². The maximum Gasteiger partial charge on any atom is 0.164 e. The van der Waals surface area contributed by atoms with E-state index in [1.807, 2.05) is 6.07 Å². The first-order valence-corrected chi connectivity index (χ1v) is 8.19. The molecule has 5 heteroatoms. The Balaban J connectivity index is 1.86. The summed E-state index contributed by atoms with van der Waals surface area (Å²) in [6, 6.07) is 6.03. The highest BCUT2D eigenvalue weighted by molar-refractivity contribution is 5.96. The van der Waals surface area contributed by atoms with Crippen LogP contribution >= 0.6 is 0 Å². The van der Waals surface area contributed by atoms with Gasteiger partial charge in [-0.05, 0) is 58.2 Å². The molecular formula is C18H28N2O3. The quantitative estimate of drug-likeness (QED) is 0.721. The lowest BCUT2D eigenvalue weighted by molar-refractivity contribution is 0.0940. The monoisotopic (exact) mass is 320 g/mol. The number of piperidine rings is 1. The molecule has 0 amide bonds. The number of nitrogens with zero attached hydrogens (tertiary/aromatic N) is 2. The minimum Gasteiger partial charge on any atom is -0.493 e. The fourth-order valence-electron chi connectivity index (χ4n) is 3.07. The first-order valence-electron chi connectivity index (χ1n) is 8.19. The summed E-state index contributed by atoms with van der Waals surface area (Å²) in [5.74, 6) is 1.40. The molecule has 0 spiro atoms. The predicted molar refractivity (Wildman–Crippen MR) is 91.6 cm³/mol. The van der Waals surface area contributed by atoms with E-state index in [4.69, 9.17) is 9.47 Å². The second-order valence-electron chi connectivity index (χ2n) is 6.28. The van der Waals surface area contributed by atoms with Crippen molar-refractivity contribution in [2.45, 2.75) is 25.3 Å². The van der Waals surface area contributed by atoms with E-state index in [9.17, 15) is 4.79 Å². The SMILES string of the molecule is COc1ccc(C(=O)CCN2CCC(N(C)C)CC2)cc1OC. The number of benzene rings is 1. The van der Waals surface area contributed by atoms with Crippen LogP contribution in [0.4, 0.5) is 0 Å². The highest BCUT2D eigenvalue weighted by Crippen LogP contribution is 2.28. The molecule has 5 nitrogen and oxygen atoms in total. The van der Waals surface area contributed by atoms with Crippen molar-refractivity contribution < 1.29 is 14.3 Å². The first-order chi connectivity index (χ1) is 11.0. The van der Waals surface area contributed by atoms with Crippen LogP contribution in [0.3, 0.4) is 0 Å². The van der Waals surface area contributed by atoms with Crippen molar-refractivity contribution in [2.75, 3.05) is 47.9 Å². The van der Waals surface area contributed by atoms with Gasteiger partial charge >= 0.3 is 0 Å². The molecule has 1 heterocycles. The van der Waals surface area contributed by atoms with Gasteiger partial charge in [-0.3, -0.25) is 4.79 Å². The summed E-state index contributed by atoms with van der Waals surface area (Å²) in [6.45, 7) is 2.97. The number of ketones is 1. The van der Waals surface area contributed by atoms with Crippen molar-refractivity contribution in [1.82, 2.24) is 9.80 Å². The number of likely N-dealkylation sites (tertiary alicyclic amines) is 1. The third kappa shape index (κ3) is 4.69. The van der Waals surface area contributed by atoms with Gasteiger partial charge in [0.05, 0.1) is 14.2 Å². The van der Waals surface area contributed by atoms with Crippen molar-refractivity contribution in [1.29, 1.82) is 0 Å². The third-order valence-corrected chi connectivity index (χ3v) is 4.65. The number of carbonyl (C=O) groups is 1. The molecule has 2 rings (SSSR count). The van der Waals surface area contributed by atoms with Crippen molar-refractivity contribution in [3.8, 4) is 11.5 Å². The van der Waals surface area contributed by atoms with Gasteiger partial charge in [-0.15, -0.1) is 0 Å². The Kier molecular flexibility index (Phi) is 6.42. The van der Waals surface area contributed by atoms with E-state index >= 15 is 0 Å². The Bertz CT molecular complexity index is 523. The molecule has 128 valence electrons. The summed E-state index contributed by atoms with van der Waals surface area (Å²) in [7, 11) is 7.46. The average Bonchev–Trinajstić information content (AvgIpc) is 2.59. The number of rotatable bonds is 7.